The summed E-state index contributed by atoms with van der Waals surface area (Å²) in [5.41, 5.74) is 12.7. The second kappa shape index (κ2) is 51.8. The average Bonchev–Trinajstić information content (AvgIpc) is 0.955. The highest BCUT2D eigenvalue weighted by Crippen LogP contribution is 2.31. The van der Waals surface area contributed by atoms with Crippen molar-refractivity contribution in [3.8, 4) is 5.75 Å². The molecule has 1 rings (SSSR count). The van der Waals surface area contributed by atoms with Crippen LogP contribution in [0.15, 0.2) is 36.5 Å². The van der Waals surface area contributed by atoms with Gasteiger partial charge in [-0.15, -0.1) is 0 Å². The summed E-state index contributed by atoms with van der Waals surface area (Å²) in [7, 11) is -3.85. The third-order valence-electron chi connectivity index (χ3n) is 16.1. The molecule has 0 aliphatic rings. The number of primary amides is 1. The van der Waals surface area contributed by atoms with Gasteiger partial charge in [-0.05, 0) is 101 Å². The number of ketones is 4. The Bertz CT molecular complexity index is 2400. The number of carboxylic acids is 1. The highest BCUT2D eigenvalue weighted by atomic mass is 32.2. The van der Waals surface area contributed by atoms with Gasteiger partial charge in [-0.3, -0.25) is 43.5 Å². The Balaban J connectivity index is 0.0000828. The molecule has 91 heavy (non-hydrogen) atoms. The summed E-state index contributed by atoms with van der Waals surface area (Å²) in [6.07, 6.45) is 20.3. The number of amidine groups is 1. The summed E-state index contributed by atoms with van der Waals surface area (Å²) in [4.78, 5) is 104. The molecule has 5 atom stereocenters. The van der Waals surface area contributed by atoms with E-state index in [9.17, 15) is 57.0 Å². The Morgan fingerprint density at radius 1 is 0.571 bits per heavy atom. The van der Waals surface area contributed by atoms with Gasteiger partial charge in [0.15, 0.2) is 0 Å². The van der Waals surface area contributed by atoms with Gasteiger partial charge in [-0.2, -0.15) is 8.42 Å². The Morgan fingerprint density at radius 3 is 1.65 bits per heavy atom. The zero-order valence-electron chi connectivity index (χ0n) is 55.4. The number of phenolic OH excluding ortho intramolecular Hbond substituents is 1. The van der Waals surface area contributed by atoms with Crippen LogP contribution >= 0.6 is 0 Å². The van der Waals surface area contributed by atoms with E-state index < -0.39 is 51.7 Å². The third kappa shape index (κ3) is 47.0. The number of hydrogen-bond donors (Lipinski definition) is 9. The predicted molar refractivity (Wildman–Crippen MR) is 356 cm³/mol. The van der Waals surface area contributed by atoms with E-state index in [1.807, 2.05) is 13.8 Å². The fourth-order valence-corrected chi connectivity index (χ4v) is 11.4. The first-order valence-corrected chi connectivity index (χ1v) is 35.4. The first-order valence-electron chi connectivity index (χ1n) is 33.8. The molecular weight excluding hydrogens is 1190 g/mol. The van der Waals surface area contributed by atoms with Crippen LogP contribution in [0.2, 0.25) is 0 Å². The van der Waals surface area contributed by atoms with Crippen molar-refractivity contribution in [1.82, 2.24) is 16.0 Å². The number of nitrogens with two attached hydrogens (primary N) is 2. The SMILES string of the molecule is C=C(CCCCCCCCCCCCCCCS(=O)(=O)O)N[C@@H](CCC(=O)NCCCOCCOCCOCCCCC(=O)CCC(=O)NCCCC[C@H](CC(=O)CC(C)C)C(=O)C(C)[C@@H](CCCCC(=N)N)C(=O)C[C@@H](Cc1ccc(O)cc1)C(N)=O)C(=O)O.[HH]. The lowest BCUT2D eigenvalue weighted by atomic mass is 9.75. The molecule has 0 aliphatic carbocycles. The van der Waals surface area contributed by atoms with E-state index in [-0.39, 0.29) is 105 Å². The van der Waals surface area contributed by atoms with Crippen molar-refractivity contribution in [2.75, 3.05) is 58.5 Å². The highest BCUT2D eigenvalue weighted by Gasteiger charge is 2.36. The predicted octanol–water partition coefficient (Wildman–Crippen LogP) is 10.2. The number of aliphatic carboxylic acids is 1. The molecule has 0 radical (unpaired) electrons. The lowest BCUT2D eigenvalue weighted by molar-refractivity contribution is -0.139. The molecule has 0 spiro atoms. The molecule has 0 aromatic heterocycles. The summed E-state index contributed by atoms with van der Waals surface area (Å²) < 4.78 is 47.1. The Kier molecular flexibility index (Phi) is 47.5. The lowest BCUT2D eigenvalue weighted by Gasteiger charge is -2.27. The molecule has 11 N–H and O–H groups in total. The van der Waals surface area contributed by atoms with Crippen molar-refractivity contribution in [2.45, 2.75) is 239 Å². The number of phenols is 1. The van der Waals surface area contributed by atoms with Crippen LogP contribution in [0.4, 0.5) is 0 Å². The van der Waals surface area contributed by atoms with Crippen LogP contribution in [0.25, 0.3) is 0 Å². The van der Waals surface area contributed by atoms with Crippen LogP contribution in [0, 0.1) is 35.0 Å². The highest BCUT2D eigenvalue weighted by molar-refractivity contribution is 7.85. The molecule has 0 saturated carbocycles. The first-order chi connectivity index (χ1) is 43.4. The maximum atomic E-state index is 14.3. The number of carboxylic acid groups (broad SMARTS) is 1. The van der Waals surface area contributed by atoms with Gasteiger partial charge in [0.1, 0.15) is 34.9 Å². The summed E-state index contributed by atoms with van der Waals surface area (Å²) in [5.74, 6) is -5.70. The zero-order chi connectivity index (χ0) is 67.7. The van der Waals surface area contributed by atoms with E-state index >= 15 is 0 Å². The van der Waals surface area contributed by atoms with E-state index in [2.05, 4.69) is 22.5 Å². The number of rotatable bonds is 63. The van der Waals surface area contributed by atoms with Crippen LogP contribution in [0.5, 0.6) is 5.75 Å². The normalized spacial score (nSPS) is 13.2. The van der Waals surface area contributed by atoms with Crippen molar-refractivity contribution in [3.63, 3.8) is 0 Å². The van der Waals surface area contributed by atoms with Gasteiger partial charge in [0.2, 0.25) is 17.7 Å². The number of hydrogen-bond acceptors (Lipinski definition) is 16. The van der Waals surface area contributed by atoms with Crippen molar-refractivity contribution in [3.05, 3.63) is 42.1 Å². The quantitative estimate of drug-likeness (QED) is 0.0127. The van der Waals surface area contributed by atoms with Gasteiger partial charge < -0.3 is 51.8 Å². The number of carbonyl (C=O) groups excluding carboxylic acids is 7. The number of allylic oxidation sites excluding steroid dienone is 1. The van der Waals surface area contributed by atoms with Crippen LogP contribution in [-0.2, 0) is 69.1 Å². The van der Waals surface area contributed by atoms with Gasteiger partial charge >= 0.3 is 5.97 Å². The molecule has 22 nitrogen and oxygen atoms in total. The number of ether oxygens (including phenoxy) is 3. The second-order valence-corrected chi connectivity index (χ2v) is 26.5. The van der Waals surface area contributed by atoms with Gasteiger partial charge in [-0.25, -0.2) is 4.79 Å². The smallest absolute Gasteiger partial charge is 0.326 e. The zero-order valence-corrected chi connectivity index (χ0v) is 56.2. The molecule has 0 aliphatic heterocycles. The number of carbonyl (C=O) groups is 8. The molecule has 3 amide bonds. The van der Waals surface area contributed by atoms with E-state index in [0.29, 0.717) is 154 Å². The minimum absolute atomic E-state index is 0. The van der Waals surface area contributed by atoms with Crippen LogP contribution in [-0.4, -0.2) is 140 Å². The van der Waals surface area contributed by atoms with Gasteiger partial charge in [0.25, 0.3) is 10.1 Å². The average molecular weight is 1310 g/mol. The molecular formula is C68H118N6O16S. The lowest BCUT2D eigenvalue weighted by Crippen LogP contribution is -2.37. The maximum Gasteiger partial charge on any atom is 0.326 e. The van der Waals surface area contributed by atoms with Crippen LogP contribution < -0.4 is 27.4 Å². The van der Waals surface area contributed by atoms with E-state index in [1.165, 1.54) is 37.8 Å². The summed E-state index contributed by atoms with van der Waals surface area (Å²) >= 11 is 0. The molecule has 1 aromatic carbocycles. The van der Waals surface area contributed by atoms with Crippen LogP contribution in [0.1, 0.15) is 233 Å². The van der Waals surface area contributed by atoms with Crippen molar-refractivity contribution in [1.29, 1.82) is 5.41 Å². The standard InChI is InChI=1S/C68H116N6O16S.H2/c1-51(2)47-59(77)49-55(66(81)53(4)60(28-17-18-29-63(69)70)62(78)50-56(67(71)82)48-54-30-32-58(76)33-31-54)26-19-21-38-72-64(79)36-34-57(75)27-20-22-40-88-42-44-90-45-43-89-41-24-39-73-65(80)37-35-61(68(83)84)74-52(3)25-16-14-12-10-8-6-5-7-9-11-13-15-23-46-91(85,86)87;/h30-33,51,53,55-56,60-61,74,76H,3,5-29,34-50H2,1-2,4H3,(H3,69,70)(H2,71,82)(H,72,79)(H,73,80)(H,83,84)(H,85,86,87);1H/t53?,55-,56-,60-,61+;/m1./s1. The molecule has 1 aromatic rings. The monoisotopic (exact) mass is 1310 g/mol. The first kappa shape index (κ1) is 83.4. The van der Waals surface area contributed by atoms with Crippen molar-refractivity contribution < 1.29 is 77.2 Å². The Hall–Kier alpha value is -5.62. The summed E-state index contributed by atoms with van der Waals surface area (Å²) in [6.45, 7) is 12.7. The van der Waals surface area contributed by atoms with E-state index in [0.717, 1.165) is 51.4 Å². The van der Waals surface area contributed by atoms with Gasteiger partial charge in [-0.1, -0.05) is 123 Å². The molecule has 522 valence electrons. The number of amides is 3. The topological polar surface area (TPSA) is 371 Å². The molecule has 1 unspecified atom stereocenters. The molecule has 0 fully saturated rings. The second-order valence-electron chi connectivity index (χ2n) is 24.9. The summed E-state index contributed by atoms with van der Waals surface area (Å²) in [6, 6.07) is 5.40. The minimum atomic E-state index is -3.85. The third-order valence-corrected chi connectivity index (χ3v) is 16.9. The molecule has 0 bridgehead atoms. The fraction of sp³-hybridized carbons (Fsp3) is 0.750. The maximum absolute atomic E-state index is 14.3. The Labute approximate surface area is 545 Å². The number of Topliss-reactive ketones (excluding diaryl/α,β-unsaturated/α-hetero) is 4. The number of benzene rings is 1. The van der Waals surface area contributed by atoms with Crippen LogP contribution in [0.3, 0.4) is 0 Å². The Morgan fingerprint density at radius 2 is 1.09 bits per heavy atom. The van der Waals surface area contributed by atoms with Crippen molar-refractivity contribution >= 4 is 62.8 Å². The summed E-state index contributed by atoms with van der Waals surface area (Å²) in [5, 5.41) is 35.7. The number of unbranched alkanes of at least 4 members (excludes halogenated alkanes) is 15. The van der Waals surface area contributed by atoms with E-state index in [4.69, 9.17) is 35.6 Å². The van der Waals surface area contributed by atoms with E-state index in [1.54, 1.807) is 19.1 Å². The largest absolute Gasteiger partial charge is 0.508 e. The number of aromatic hydroxyl groups is 1. The molecule has 23 heteroatoms. The van der Waals surface area contributed by atoms with Gasteiger partial charge in [0.05, 0.1) is 38.0 Å². The molecule has 0 saturated heterocycles. The van der Waals surface area contributed by atoms with Gasteiger partial charge in [0, 0.05) is 108 Å². The minimum Gasteiger partial charge on any atom is -0.508 e. The fourth-order valence-electron chi connectivity index (χ4n) is 10.9. The molecule has 0 heterocycles. The number of nitrogens with one attached hydrogen (secondary N) is 4. The van der Waals surface area contributed by atoms with Crippen molar-refractivity contribution in [2.24, 2.45) is 41.1 Å².